The molecule has 144 valence electrons. The predicted molar refractivity (Wildman–Crippen MR) is 92.3 cm³/mol. The van der Waals surface area contributed by atoms with E-state index in [1.165, 1.54) is 4.68 Å². The number of nitrogens with zero attached hydrogens (tertiary/aromatic N) is 3. The molecule has 1 aromatic rings. The van der Waals surface area contributed by atoms with Gasteiger partial charge in [0.05, 0.1) is 5.69 Å². The third-order valence-corrected chi connectivity index (χ3v) is 5.84. The maximum atomic E-state index is 13.6. The van der Waals surface area contributed by atoms with Crippen LogP contribution in [0.2, 0.25) is 0 Å². The molecule has 0 aliphatic carbocycles. The van der Waals surface area contributed by atoms with Gasteiger partial charge in [-0.05, 0) is 44.9 Å². The van der Waals surface area contributed by atoms with Gasteiger partial charge in [0.25, 0.3) is 12.3 Å². The fourth-order valence-electron chi connectivity index (χ4n) is 4.52. The molecule has 2 fully saturated rings. The number of aromatic nitrogens is 2. The standard InChI is InChI=1S/C18H26F2N4O2/c1-11-8-16-21-13(9-14(17(19)20)24(16)22-11)12-4-2-6-23(10-12)18(25)15-5-3-7-26-15/h8,12-15,17,21H,2-7,9-10H2,1H3/t12-,13+,14-,15-/m1/s1. The van der Waals surface area contributed by atoms with E-state index in [-0.39, 0.29) is 24.0 Å². The number of ether oxygens (including phenoxy) is 1. The van der Waals surface area contributed by atoms with Crippen LogP contribution in [0.4, 0.5) is 14.6 Å². The van der Waals surface area contributed by atoms with E-state index in [9.17, 15) is 13.6 Å². The van der Waals surface area contributed by atoms with E-state index in [4.69, 9.17) is 4.74 Å². The van der Waals surface area contributed by atoms with E-state index in [0.29, 0.717) is 25.4 Å². The summed E-state index contributed by atoms with van der Waals surface area (Å²) in [5.74, 6) is 0.889. The third-order valence-electron chi connectivity index (χ3n) is 5.84. The lowest BCUT2D eigenvalue weighted by atomic mass is 9.85. The Labute approximate surface area is 151 Å². The number of anilines is 1. The van der Waals surface area contributed by atoms with Gasteiger partial charge >= 0.3 is 0 Å². The van der Waals surface area contributed by atoms with E-state index in [1.54, 1.807) is 0 Å². The molecule has 3 aliphatic heterocycles. The number of alkyl halides is 2. The summed E-state index contributed by atoms with van der Waals surface area (Å²) in [5.41, 5.74) is 0.734. The quantitative estimate of drug-likeness (QED) is 0.891. The molecule has 1 aromatic heterocycles. The van der Waals surface area contributed by atoms with Gasteiger partial charge in [0.2, 0.25) is 0 Å². The van der Waals surface area contributed by atoms with Crippen molar-refractivity contribution in [2.45, 2.75) is 63.6 Å². The molecular weight excluding hydrogens is 342 g/mol. The van der Waals surface area contributed by atoms with E-state index >= 15 is 0 Å². The SMILES string of the molecule is Cc1cc2n(n1)[C@@H](C(F)F)C[C@@H]([C@@H]1CCCN(C(=O)[C@H]3CCCO3)C1)N2. The third kappa shape index (κ3) is 3.31. The highest BCUT2D eigenvalue weighted by Gasteiger charge is 2.39. The lowest BCUT2D eigenvalue weighted by molar-refractivity contribution is -0.143. The summed E-state index contributed by atoms with van der Waals surface area (Å²) in [6.45, 7) is 3.81. The van der Waals surface area contributed by atoms with Crippen LogP contribution in [0.15, 0.2) is 6.07 Å². The van der Waals surface area contributed by atoms with Gasteiger partial charge in [0.15, 0.2) is 0 Å². The fourth-order valence-corrected chi connectivity index (χ4v) is 4.52. The van der Waals surface area contributed by atoms with Crippen LogP contribution in [0.3, 0.4) is 0 Å². The van der Waals surface area contributed by atoms with Gasteiger partial charge in [-0.1, -0.05) is 0 Å². The zero-order valence-electron chi connectivity index (χ0n) is 15.0. The highest BCUT2D eigenvalue weighted by molar-refractivity contribution is 5.81. The summed E-state index contributed by atoms with van der Waals surface area (Å²) in [4.78, 5) is 14.5. The molecule has 26 heavy (non-hydrogen) atoms. The minimum Gasteiger partial charge on any atom is -0.368 e. The number of carbonyl (C=O) groups excluding carboxylic acids is 1. The number of fused-ring (bicyclic) bond motifs is 1. The predicted octanol–water partition coefficient (Wildman–Crippen LogP) is 2.60. The molecule has 3 aliphatic rings. The normalized spacial score (nSPS) is 31.8. The first-order valence-corrected chi connectivity index (χ1v) is 9.54. The van der Waals surface area contributed by atoms with Crippen molar-refractivity contribution in [3.8, 4) is 0 Å². The second kappa shape index (κ2) is 7.13. The van der Waals surface area contributed by atoms with E-state index in [1.807, 2.05) is 17.9 Å². The van der Waals surface area contributed by atoms with Gasteiger partial charge in [-0.3, -0.25) is 4.79 Å². The molecule has 6 nitrogen and oxygen atoms in total. The first-order valence-electron chi connectivity index (χ1n) is 9.54. The van der Waals surface area contributed by atoms with Crippen LogP contribution < -0.4 is 5.32 Å². The Kier molecular flexibility index (Phi) is 4.86. The number of piperidine rings is 1. The number of amides is 1. The molecule has 4 heterocycles. The molecule has 0 saturated carbocycles. The summed E-state index contributed by atoms with van der Waals surface area (Å²) < 4.78 is 34.1. The summed E-state index contributed by atoms with van der Waals surface area (Å²) in [6, 6.07) is 0.839. The van der Waals surface area contributed by atoms with Crippen LogP contribution in [0, 0.1) is 12.8 Å². The zero-order chi connectivity index (χ0) is 18.3. The number of likely N-dealkylation sites (tertiary alicyclic amines) is 1. The van der Waals surface area contributed by atoms with Gasteiger partial charge in [0.1, 0.15) is 18.0 Å². The summed E-state index contributed by atoms with van der Waals surface area (Å²) in [5, 5.41) is 7.62. The van der Waals surface area contributed by atoms with E-state index in [0.717, 1.165) is 37.9 Å². The van der Waals surface area contributed by atoms with Crippen LogP contribution in [0.5, 0.6) is 0 Å². The molecule has 4 rings (SSSR count). The highest BCUT2D eigenvalue weighted by Crippen LogP contribution is 2.36. The van der Waals surface area contributed by atoms with Crippen molar-refractivity contribution in [2.75, 3.05) is 25.0 Å². The van der Waals surface area contributed by atoms with Crippen molar-refractivity contribution < 1.29 is 18.3 Å². The van der Waals surface area contributed by atoms with Crippen molar-refractivity contribution in [3.63, 3.8) is 0 Å². The molecule has 1 amide bonds. The largest absolute Gasteiger partial charge is 0.368 e. The molecule has 0 spiro atoms. The van der Waals surface area contributed by atoms with Crippen molar-refractivity contribution in [1.29, 1.82) is 0 Å². The molecule has 0 unspecified atom stereocenters. The molecule has 8 heteroatoms. The molecule has 2 saturated heterocycles. The Hall–Kier alpha value is -1.70. The molecule has 0 bridgehead atoms. The Morgan fingerprint density at radius 2 is 2.23 bits per heavy atom. The monoisotopic (exact) mass is 368 g/mol. The number of hydrogen-bond acceptors (Lipinski definition) is 4. The number of rotatable bonds is 3. The molecular formula is C18H26F2N4O2. The van der Waals surface area contributed by atoms with Gasteiger partial charge in [-0.25, -0.2) is 13.5 Å². The number of nitrogens with one attached hydrogen (secondary N) is 1. The zero-order valence-corrected chi connectivity index (χ0v) is 15.0. The van der Waals surface area contributed by atoms with Gasteiger partial charge in [0, 0.05) is 31.8 Å². The second-order valence-electron chi connectivity index (χ2n) is 7.69. The average Bonchev–Trinajstić information content (AvgIpc) is 3.28. The number of aryl methyl sites for hydroxylation is 1. The minimum absolute atomic E-state index is 0.0642. The highest BCUT2D eigenvalue weighted by atomic mass is 19.3. The van der Waals surface area contributed by atoms with E-state index in [2.05, 4.69) is 10.4 Å². The van der Waals surface area contributed by atoms with Crippen molar-refractivity contribution in [1.82, 2.24) is 14.7 Å². The van der Waals surface area contributed by atoms with Gasteiger partial charge < -0.3 is 15.0 Å². The Balaban J connectivity index is 1.47. The Bertz CT molecular complexity index is 660. The van der Waals surface area contributed by atoms with E-state index < -0.39 is 12.5 Å². The Morgan fingerprint density at radius 3 is 2.96 bits per heavy atom. The minimum atomic E-state index is -2.45. The van der Waals surface area contributed by atoms with Crippen LogP contribution in [0.1, 0.15) is 43.8 Å². The van der Waals surface area contributed by atoms with Gasteiger partial charge in [-0.15, -0.1) is 0 Å². The van der Waals surface area contributed by atoms with Crippen molar-refractivity contribution in [2.24, 2.45) is 5.92 Å². The average molecular weight is 368 g/mol. The number of carbonyl (C=O) groups is 1. The summed E-state index contributed by atoms with van der Waals surface area (Å²) in [7, 11) is 0. The van der Waals surface area contributed by atoms with Gasteiger partial charge in [-0.2, -0.15) is 5.10 Å². The second-order valence-corrected chi connectivity index (χ2v) is 7.69. The number of hydrogen-bond donors (Lipinski definition) is 1. The lowest BCUT2D eigenvalue weighted by Crippen LogP contribution is -2.50. The first-order chi connectivity index (χ1) is 12.5. The van der Waals surface area contributed by atoms with Crippen LogP contribution in [-0.4, -0.2) is 58.9 Å². The van der Waals surface area contributed by atoms with Crippen LogP contribution in [-0.2, 0) is 9.53 Å². The Morgan fingerprint density at radius 1 is 1.38 bits per heavy atom. The molecule has 0 radical (unpaired) electrons. The maximum Gasteiger partial charge on any atom is 0.260 e. The molecule has 0 aromatic carbocycles. The summed E-state index contributed by atoms with van der Waals surface area (Å²) >= 11 is 0. The maximum absolute atomic E-state index is 13.6. The molecule has 1 N–H and O–H groups in total. The number of halogens is 2. The topological polar surface area (TPSA) is 59.4 Å². The van der Waals surface area contributed by atoms with Crippen molar-refractivity contribution >= 4 is 11.7 Å². The summed E-state index contributed by atoms with van der Waals surface area (Å²) in [6.07, 6.45) is 1.12. The first kappa shape index (κ1) is 17.7. The fraction of sp³-hybridized carbons (Fsp3) is 0.778. The van der Waals surface area contributed by atoms with Crippen LogP contribution in [0.25, 0.3) is 0 Å². The lowest BCUT2D eigenvalue weighted by Gasteiger charge is -2.41. The molecule has 4 atom stereocenters. The van der Waals surface area contributed by atoms with Crippen molar-refractivity contribution in [3.05, 3.63) is 11.8 Å². The van der Waals surface area contributed by atoms with Crippen LogP contribution >= 0.6 is 0 Å². The smallest absolute Gasteiger partial charge is 0.260 e.